The Morgan fingerprint density at radius 3 is 2.35 bits per heavy atom. The minimum atomic E-state index is -4.55. The number of nitrogens with two attached hydrogens (primary N) is 1. The molecule has 1 amide bonds. The van der Waals surface area contributed by atoms with Crippen LogP contribution in [0.15, 0.2) is 23.0 Å². The van der Waals surface area contributed by atoms with E-state index in [1.807, 2.05) is 0 Å². The van der Waals surface area contributed by atoms with Gasteiger partial charge in [-0.3, -0.25) is 24.2 Å². The van der Waals surface area contributed by atoms with Gasteiger partial charge in [-0.1, -0.05) is 6.92 Å². The van der Waals surface area contributed by atoms with Crippen molar-refractivity contribution >= 4 is 23.2 Å². The van der Waals surface area contributed by atoms with Crippen LogP contribution in [0.4, 0.5) is 17.6 Å². The minimum absolute atomic E-state index is 0.0757. The first-order valence-corrected chi connectivity index (χ1v) is 12.4. The molecule has 1 saturated carbocycles. The number of nitrogens with zero attached hydrogens (tertiary/aromatic N) is 2. The summed E-state index contributed by atoms with van der Waals surface area (Å²) >= 11 is 0. The Morgan fingerprint density at radius 1 is 1.20 bits per heavy atom. The molecule has 40 heavy (non-hydrogen) atoms. The van der Waals surface area contributed by atoms with Crippen LogP contribution in [0.1, 0.15) is 30.0 Å². The van der Waals surface area contributed by atoms with Crippen LogP contribution < -0.4 is 5.73 Å². The monoisotopic (exact) mass is 571 g/mol. The van der Waals surface area contributed by atoms with Crippen molar-refractivity contribution in [3.63, 3.8) is 0 Å². The second-order valence-corrected chi connectivity index (χ2v) is 10.6. The summed E-state index contributed by atoms with van der Waals surface area (Å²) < 4.78 is 54.6. The second kappa shape index (κ2) is 9.85. The van der Waals surface area contributed by atoms with Gasteiger partial charge in [0.15, 0.2) is 11.4 Å². The van der Waals surface area contributed by atoms with Crippen LogP contribution in [0.2, 0.25) is 0 Å². The smallest absolute Gasteiger partial charge is 0.401 e. The molecule has 1 aromatic rings. The number of ketones is 2. The first-order valence-electron chi connectivity index (χ1n) is 12.4. The number of hydrogen-bond donors (Lipinski definition) is 5. The van der Waals surface area contributed by atoms with Crippen LogP contribution in [-0.4, -0.2) is 92.7 Å². The van der Waals surface area contributed by atoms with Gasteiger partial charge in [-0.05, 0) is 45.5 Å². The maximum absolute atomic E-state index is 15.7. The molecule has 1 fully saturated rings. The molecule has 4 rings (SSSR count). The summed E-state index contributed by atoms with van der Waals surface area (Å²) in [5.41, 5.74) is 0.0333. The van der Waals surface area contributed by atoms with E-state index >= 15 is 4.39 Å². The van der Waals surface area contributed by atoms with E-state index in [0.29, 0.717) is 0 Å². The largest absolute Gasteiger partial charge is 0.508 e. The van der Waals surface area contributed by atoms with Crippen LogP contribution in [-0.2, 0) is 27.3 Å². The lowest BCUT2D eigenvalue weighted by atomic mass is 9.57. The van der Waals surface area contributed by atoms with Crippen molar-refractivity contribution in [2.24, 2.45) is 17.6 Å². The fourth-order valence-electron chi connectivity index (χ4n) is 6.24. The highest BCUT2D eigenvalue weighted by molar-refractivity contribution is 6.24. The van der Waals surface area contributed by atoms with Crippen molar-refractivity contribution in [3.05, 3.63) is 45.5 Å². The van der Waals surface area contributed by atoms with Crippen LogP contribution in [0.5, 0.6) is 5.75 Å². The molecule has 4 atom stereocenters. The third-order valence-electron chi connectivity index (χ3n) is 7.97. The Morgan fingerprint density at radius 2 is 1.82 bits per heavy atom. The highest BCUT2D eigenvalue weighted by Crippen LogP contribution is 2.53. The van der Waals surface area contributed by atoms with Crippen molar-refractivity contribution in [3.8, 4) is 5.75 Å². The lowest BCUT2D eigenvalue weighted by Crippen LogP contribution is -2.65. The Labute approximate surface area is 226 Å². The fourth-order valence-corrected chi connectivity index (χ4v) is 6.24. The van der Waals surface area contributed by atoms with Crippen molar-refractivity contribution in [2.45, 2.75) is 44.1 Å². The maximum atomic E-state index is 15.7. The van der Waals surface area contributed by atoms with E-state index in [-0.39, 0.29) is 30.5 Å². The van der Waals surface area contributed by atoms with Gasteiger partial charge in [0.25, 0.3) is 5.91 Å². The van der Waals surface area contributed by atoms with Gasteiger partial charge in [0.2, 0.25) is 5.78 Å². The predicted molar refractivity (Wildman–Crippen MR) is 131 cm³/mol. The molecular weight excluding hydrogens is 542 g/mol. The van der Waals surface area contributed by atoms with E-state index in [9.17, 15) is 48.0 Å². The minimum Gasteiger partial charge on any atom is -0.508 e. The van der Waals surface area contributed by atoms with E-state index < -0.39 is 100 Å². The van der Waals surface area contributed by atoms with E-state index in [1.165, 1.54) is 25.9 Å². The summed E-state index contributed by atoms with van der Waals surface area (Å²) in [5, 5.41) is 44.1. The zero-order chi connectivity index (χ0) is 30.1. The number of Topliss-reactive ketones (excluding diaryl/α,β-unsaturated/α-hetero) is 2. The first-order chi connectivity index (χ1) is 18.4. The van der Waals surface area contributed by atoms with Crippen LogP contribution in [0, 0.1) is 17.7 Å². The SMILES string of the molecule is CCN(Cc1cc(O)c2c(c1F)C[C@H]1C[C@H]3[C@H](N(C)C)C(=O)C(C(N)=O)=C(O)[C@@]3(O)C(=O)C1=C2O)CC(F)(F)F. The standard InChI is InChI=1S/C26H29F4N3O7/c1-4-33(9-25(28,29)30)8-11-7-14(34)16-12(18(11)27)5-10-6-13-19(32(2)3)21(36)17(24(31)39)23(38)26(13,40)22(37)15(10)20(16)35/h7,10,13,19,34-35,38,40H,4-6,8-9H2,1-3H3,(H2,31,39)/t10-,13-,19-,26-/m0/s1. The van der Waals surface area contributed by atoms with Crippen molar-refractivity contribution < 1.29 is 52.4 Å². The number of amides is 1. The molecule has 14 heteroatoms. The molecule has 0 bridgehead atoms. The van der Waals surface area contributed by atoms with Gasteiger partial charge in [-0.15, -0.1) is 0 Å². The average molecular weight is 572 g/mol. The number of halogens is 4. The zero-order valence-corrected chi connectivity index (χ0v) is 21.8. The summed E-state index contributed by atoms with van der Waals surface area (Å²) in [6.07, 6.45) is -5.11. The molecule has 0 unspecified atom stereocenters. The van der Waals surface area contributed by atoms with Gasteiger partial charge in [-0.25, -0.2) is 4.39 Å². The maximum Gasteiger partial charge on any atom is 0.401 e. The lowest BCUT2D eigenvalue weighted by molar-refractivity contribution is -0.153. The number of carbonyl (C=O) groups is 3. The average Bonchev–Trinajstić information content (AvgIpc) is 2.82. The van der Waals surface area contributed by atoms with Gasteiger partial charge in [0.1, 0.15) is 28.7 Å². The van der Waals surface area contributed by atoms with Gasteiger partial charge in [0.05, 0.1) is 18.2 Å². The van der Waals surface area contributed by atoms with E-state index in [4.69, 9.17) is 5.73 Å². The molecule has 0 spiro atoms. The predicted octanol–water partition coefficient (Wildman–Crippen LogP) is 1.49. The molecular formula is C26H29F4N3O7. The third-order valence-corrected chi connectivity index (χ3v) is 7.97. The van der Waals surface area contributed by atoms with Gasteiger partial charge >= 0.3 is 6.18 Å². The molecule has 1 aromatic carbocycles. The molecule has 3 aliphatic rings. The number of primary amides is 1. The van der Waals surface area contributed by atoms with E-state index in [2.05, 4.69) is 0 Å². The van der Waals surface area contributed by atoms with E-state index in [1.54, 1.807) is 0 Å². The number of aliphatic hydroxyl groups is 3. The number of rotatable bonds is 6. The third kappa shape index (κ3) is 4.43. The highest BCUT2D eigenvalue weighted by Gasteiger charge is 2.64. The van der Waals surface area contributed by atoms with Gasteiger partial charge in [-0.2, -0.15) is 13.2 Å². The number of phenols is 1. The summed E-state index contributed by atoms with van der Waals surface area (Å²) in [5.74, 6) is -9.72. The number of benzene rings is 1. The van der Waals surface area contributed by atoms with Crippen molar-refractivity contribution in [2.75, 3.05) is 27.2 Å². The zero-order valence-electron chi connectivity index (χ0n) is 21.8. The molecule has 0 heterocycles. The van der Waals surface area contributed by atoms with Gasteiger partial charge in [0, 0.05) is 29.2 Å². The fraction of sp³-hybridized carbons (Fsp3) is 0.500. The van der Waals surface area contributed by atoms with Gasteiger partial charge < -0.3 is 26.2 Å². The Hall–Kier alpha value is -3.49. The van der Waals surface area contributed by atoms with Crippen LogP contribution in [0.25, 0.3) is 5.76 Å². The summed E-state index contributed by atoms with van der Waals surface area (Å²) in [4.78, 5) is 41.1. The summed E-state index contributed by atoms with van der Waals surface area (Å²) in [6, 6.07) is -0.443. The number of hydrogen-bond acceptors (Lipinski definition) is 9. The number of likely N-dealkylation sites (N-methyl/N-ethyl adjacent to an activating group) is 1. The molecule has 0 radical (unpaired) electrons. The van der Waals surface area contributed by atoms with Crippen LogP contribution in [0.3, 0.4) is 0 Å². The Balaban J connectivity index is 1.86. The molecule has 0 saturated heterocycles. The molecule has 218 valence electrons. The normalized spacial score (nSPS) is 26.8. The molecule has 10 nitrogen and oxygen atoms in total. The topological polar surface area (TPSA) is 165 Å². The first kappa shape index (κ1) is 29.5. The van der Waals surface area contributed by atoms with Crippen molar-refractivity contribution in [1.82, 2.24) is 9.80 Å². The number of carbonyl (C=O) groups excluding carboxylic acids is 3. The summed E-state index contributed by atoms with van der Waals surface area (Å²) in [6.45, 7) is -0.444. The number of alkyl halides is 3. The summed E-state index contributed by atoms with van der Waals surface area (Å²) in [7, 11) is 2.88. The molecule has 0 aliphatic heterocycles. The number of aliphatic hydroxyl groups excluding tert-OH is 2. The number of phenolic OH excluding ortho intramolecular Hbond substituents is 1. The van der Waals surface area contributed by atoms with Crippen LogP contribution >= 0.6 is 0 Å². The van der Waals surface area contributed by atoms with Crippen molar-refractivity contribution in [1.29, 1.82) is 0 Å². The Bertz CT molecular complexity index is 1370. The molecule has 0 aromatic heterocycles. The Kier molecular flexibility index (Phi) is 7.27. The number of fused-ring (bicyclic) bond motifs is 3. The molecule has 3 aliphatic carbocycles. The second-order valence-electron chi connectivity index (χ2n) is 10.6. The quantitative estimate of drug-likeness (QED) is 0.251. The molecule has 6 N–H and O–H groups in total. The lowest BCUT2D eigenvalue weighted by Gasteiger charge is -2.50. The highest BCUT2D eigenvalue weighted by atomic mass is 19.4. The van der Waals surface area contributed by atoms with E-state index in [0.717, 1.165) is 11.0 Å². The number of aromatic hydroxyl groups is 1.